The highest BCUT2D eigenvalue weighted by Crippen LogP contribution is 2.47. The van der Waals surface area contributed by atoms with Crippen LogP contribution in [0.5, 0.6) is 0 Å². The van der Waals surface area contributed by atoms with E-state index < -0.39 is 25.8 Å². The molecule has 3 atom stereocenters. The fourth-order valence-electron chi connectivity index (χ4n) is 5.19. The molecule has 0 aromatic heterocycles. The predicted molar refractivity (Wildman–Crippen MR) is 154 cm³/mol. The zero-order valence-corrected chi connectivity index (χ0v) is 25.5. The molecule has 1 aromatic rings. The first-order chi connectivity index (χ1) is 17.8. The second-order valence-corrected chi connectivity index (χ2v) is 17.1. The van der Waals surface area contributed by atoms with Crippen LogP contribution in [0.15, 0.2) is 36.4 Å². The Morgan fingerprint density at radius 3 is 2.42 bits per heavy atom. The Balaban J connectivity index is 2.06. The van der Waals surface area contributed by atoms with Gasteiger partial charge in [-0.15, -0.1) is 0 Å². The zero-order valence-electron chi connectivity index (χ0n) is 24.5. The number of rotatable bonds is 14. The summed E-state index contributed by atoms with van der Waals surface area (Å²) in [6.45, 7) is 14.1. The summed E-state index contributed by atoms with van der Waals surface area (Å²) in [4.78, 5) is 37.9. The molecular formula is C31H48O6Si. The second kappa shape index (κ2) is 13.8. The number of esters is 1. The Kier molecular flexibility index (Phi) is 11.7. The Hall–Kier alpha value is -2.09. The van der Waals surface area contributed by atoms with Crippen molar-refractivity contribution in [3.63, 3.8) is 0 Å². The molecule has 0 radical (unpaired) electrons. The molecule has 38 heavy (non-hydrogen) atoms. The molecule has 212 valence electrons. The first-order valence-electron chi connectivity index (χ1n) is 14.0. The summed E-state index contributed by atoms with van der Waals surface area (Å²) in [6, 6.07) is 6.66. The minimum absolute atomic E-state index is 0.0224. The molecule has 0 fully saturated rings. The number of ketones is 2. The number of allylic oxidation sites excluding steroid dienone is 2. The maximum atomic E-state index is 13.4. The van der Waals surface area contributed by atoms with Crippen molar-refractivity contribution in [3.8, 4) is 0 Å². The van der Waals surface area contributed by atoms with Crippen LogP contribution >= 0.6 is 0 Å². The number of ether oxygens (including phenoxy) is 1. The fraction of sp³-hybridized carbons (Fsp3) is 0.645. The van der Waals surface area contributed by atoms with Gasteiger partial charge in [-0.25, -0.2) is 4.79 Å². The molecule has 1 aromatic carbocycles. The molecular weight excluding hydrogens is 496 g/mol. The van der Waals surface area contributed by atoms with E-state index in [-0.39, 0.29) is 35.4 Å². The van der Waals surface area contributed by atoms with E-state index in [2.05, 4.69) is 40.8 Å². The van der Waals surface area contributed by atoms with E-state index in [4.69, 9.17) is 9.16 Å². The van der Waals surface area contributed by atoms with Crippen molar-refractivity contribution in [1.29, 1.82) is 0 Å². The lowest BCUT2D eigenvalue weighted by atomic mass is 9.61. The third-order valence-corrected chi connectivity index (χ3v) is 13.2. The minimum atomic E-state index is -1.73. The predicted octanol–water partition coefficient (Wildman–Crippen LogP) is 6.98. The number of aliphatic hydroxyl groups excluding tert-OH is 1. The van der Waals surface area contributed by atoms with Gasteiger partial charge in [0.2, 0.25) is 0 Å². The van der Waals surface area contributed by atoms with Gasteiger partial charge < -0.3 is 14.3 Å². The van der Waals surface area contributed by atoms with Crippen LogP contribution in [0.2, 0.25) is 18.1 Å². The van der Waals surface area contributed by atoms with Gasteiger partial charge >= 0.3 is 5.97 Å². The van der Waals surface area contributed by atoms with Crippen molar-refractivity contribution in [1.82, 2.24) is 0 Å². The molecule has 1 N–H and O–H groups in total. The van der Waals surface area contributed by atoms with E-state index in [0.717, 1.165) is 45.1 Å². The fourth-order valence-corrected chi connectivity index (χ4v) is 6.28. The quantitative estimate of drug-likeness (QED) is 0.154. The van der Waals surface area contributed by atoms with E-state index in [1.165, 1.54) is 19.3 Å². The molecule has 7 heteroatoms. The molecule has 0 bridgehead atoms. The average molecular weight is 545 g/mol. The van der Waals surface area contributed by atoms with Gasteiger partial charge in [0.25, 0.3) is 0 Å². The van der Waals surface area contributed by atoms with Crippen LogP contribution in [0, 0.1) is 11.3 Å². The maximum absolute atomic E-state index is 13.4. The Morgan fingerprint density at radius 2 is 1.79 bits per heavy atom. The summed E-state index contributed by atoms with van der Waals surface area (Å²) < 4.78 is 11.1. The van der Waals surface area contributed by atoms with Gasteiger partial charge in [-0.3, -0.25) is 9.59 Å². The van der Waals surface area contributed by atoms with Gasteiger partial charge in [-0.05, 0) is 73.2 Å². The van der Waals surface area contributed by atoms with Crippen LogP contribution in [-0.4, -0.2) is 44.7 Å². The van der Waals surface area contributed by atoms with Gasteiger partial charge in [0.05, 0.1) is 18.8 Å². The van der Waals surface area contributed by atoms with Crippen molar-refractivity contribution in [2.75, 3.05) is 13.7 Å². The molecule has 0 amide bonds. The smallest absolute Gasteiger partial charge is 0.337 e. The van der Waals surface area contributed by atoms with Gasteiger partial charge in [0.1, 0.15) is 0 Å². The number of aliphatic hydroxyl groups is 1. The number of hydrogen-bond donors (Lipinski definition) is 1. The Labute approximate surface area is 230 Å². The molecule has 0 aliphatic heterocycles. The van der Waals surface area contributed by atoms with Gasteiger partial charge in [-0.1, -0.05) is 65.5 Å². The first kappa shape index (κ1) is 32.1. The molecule has 1 aliphatic rings. The van der Waals surface area contributed by atoms with Gasteiger partial charge in [-0.2, -0.15) is 0 Å². The van der Waals surface area contributed by atoms with Gasteiger partial charge in [0, 0.05) is 18.4 Å². The van der Waals surface area contributed by atoms with Crippen LogP contribution < -0.4 is 0 Å². The Morgan fingerprint density at radius 1 is 1.11 bits per heavy atom. The molecule has 0 saturated heterocycles. The largest absolute Gasteiger partial charge is 0.465 e. The number of hydrogen-bond acceptors (Lipinski definition) is 6. The van der Waals surface area contributed by atoms with Crippen LogP contribution in [0.3, 0.4) is 0 Å². The van der Waals surface area contributed by atoms with Crippen molar-refractivity contribution in [2.45, 2.75) is 103 Å². The molecule has 1 aliphatic carbocycles. The van der Waals surface area contributed by atoms with E-state index in [1.54, 1.807) is 24.3 Å². The molecule has 3 unspecified atom stereocenters. The number of carbonyl (C=O) groups excluding carboxylic acids is 3. The summed E-state index contributed by atoms with van der Waals surface area (Å²) in [7, 11) is -0.413. The highest BCUT2D eigenvalue weighted by Gasteiger charge is 2.47. The minimum Gasteiger partial charge on any atom is -0.465 e. The summed E-state index contributed by atoms with van der Waals surface area (Å²) in [5, 5.41) is 11.4. The maximum Gasteiger partial charge on any atom is 0.337 e. The molecule has 0 heterocycles. The third-order valence-electron chi connectivity index (χ3n) is 8.64. The number of benzene rings is 1. The van der Waals surface area contributed by atoms with Crippen LogP contribution in [0.1, 0.15) is 101 Å². The third kappa shape index (κ3) is 8.20. The summed E-state index contributed by atoms with van der Waals surface area (Å²) in [5.74, 6) is -0.677. The van der Waals surface area contributed by atoms with Crippen LogP contribution in [0.25, 0.3) is 0 Å². The van der Waals surface area contributed by atoms with E-state index in [1.807, 2.05) is 0 Å². The first-order valence-corrected chi connectivity index (χ1v) is 16.9. The monoisotopic (exact) mass is 544 g/mol. The summed E-state index contributed by atoms with van der Waals surface area (Å²) in [6.07, 6.45) is 7.67. The average Bonchev–Trinajstić information content (AvgIpc) is 2.86. The van der Waals surface area contributed by atoms with E-state index >= 15 is 0 Å². The number of methoxy groups -OCH3 is 1. The summed E-state index contributed by atoms with van der Waals surface area (Å²) >= 11 is 0. The van der Waals surface area contributed by atoms with Crippen LogP contribution in [-0.2, 0) is 18.8 Å². The normalized spacial score (nSPS) is 19.9. The standard InChI is InChI=1S/C31H48O6Si/c1-8-25(16-11-9-10-12-19-37-38(6,7)30(2,3)4)31(21-26(32)17-18-28(31)34)22-27(33)23-14-13-15-24(20-23)29(35)36-5/h13-15,17-18,20,25,27,33H,8-12,16,19,21-22H2,1-7H3. The lowest BCUT2D eigenvalue weighted by Gasteiger charge is -2.41. The highest BCUT2D eigenvalue weighted by atomic mass is 28.4. The lowest BCUT2D eigenvalue weighted by Crippen LogP contribution is -2.43. The summed E-state index contributed by atoms with van der Waals surface area (Å²) in [5.41, 5.74) is -0.0699. The van der Waals surface area contributed by atoms with Crippen molar-refractivity contribution in [2.24, 2.45) is 11.3 Å². The van der Waals surface area contributed by atoms with Crippen molar-refractivity contribution < 1.29 is 28.7 Å². The van der Waals surface area contributed by atoms with E-state index in [0.29, 0.717) is 11.1 Å². The molecule has 0 saturated carbocycles. The van der Waals surface area contributed by atoms with Crippen LogP contribution in [0.4, 0.5) is 0 Å². The second-order valence-electron chi connectivity index (χ2n) is 12.3. The zero-order chi connectivity index (χ0) is 28.6. The lowest BCUT2D eigenvalue weighted by molar-refractivity contribution is -0.137. The SMILES string of the molecule is CCC(CCCCCCO[Si](C)(C)C(C)(C)C)C1(CC(O)c2cccc(C(=O)OC)c2)CC(=O)C=CC1=O. The molecule has 0 spiro atoms. The van der Waals surface area contributed by atoms with Crippen molar-refractivity contribution >= 4 is 25.9 Å². The van der Waals surface area contributed by atoms with E-state index in [9.17, 15) is 19.5 Å². The Bertz CT molecular complexity index is 992. The number of unbranched alkanes of at least 4 members (excludes halogenated alkanes) is 3. The topological polar surface area (TPSA) is 89.9 Å². The van der Waals surface area contributed by atoms with Gasteiger partial charge in [0.15, 0.2) is 19.9 Å². The molecule has 2 rings (SSSR count). The molecule has 6 nitrogen and oxygen atoms in total. The highest BCUT2D eigenvalue weighted by molar-refractivity contribution is 6.74. The van der Waals surface area contributed by atoms with Crippen molar-refractivity contribution in [3.05, 3.63) is 47.5 Å². The number of carbonyl (C=O) groups is 3.